The Morgan fingerprint density at radius 3 is 2.67 bits per heavy atom. The number of hydrogen-bond acceptors (Lipinski definition) is 2. The van der Waals surface area contributed by atoms with Gasteiger partial charge in [0.15, 0.2) is 0 Å². The van der Waals surface area contributed by atoms with Gasteiger partial charge in [-0.2, -0.15) is 0 Å². The van der Waals surface area contributed by atoms with Crippen LogP contribution in [-0.4, -0.2) is 24.8 Å². The van der Waals surface area contributed by atoms with Gasteiger partial charge in [0.05, 0.1) is 0 Å². The van der Waals surface area contributed by atoms with E-state index < -0.39 is 0 Å². The molecule has 1 aliphatic carbocycles. The second-order valence-electron chi connectivity index (χ2n) is 4.00. The van der Waals surface area contributed by atoms with Crippen molar-refractivity contribution in [2.75, 3.05) is 19.7 Å². The van der Waals surface area contributed by atoms with Gasteiger partial charge in [-0.05, 0) is 37.6 Å². The van der Waals surface area contributed by atoms with Crippen molar-refractivity contribution in [2.45, 2.75) is 39.0 Å². The lowest BCUT2D eigenvalue weighted by molar-refractivity contribution is 0.283. The molecule has 2 nitrogen and oxygen atoms in total. The maximum Gasteiger partial charge on any atom is 0.0443 e. The lowest BCUT2D eigenvalue weighted by Gasteiger charge is -2.14. The Hall–Kier alpha value is -0.0800. The van der Waals surface area contributed by atoms with Crippen LogP contribution in [0.5, 0.6) is 0 Å². The molecular formula is C10H21NO. The zero-order chi connectivity index (χ0) is 8.86. The van der Waals surface area contributed by atoms with Gasteiger partial charge < -0.3 is 10.4 Å². The van der Waals surface area contributed by atoms with Crippen LogP contribution in [0.4, 0.5) is 0 Å². The predicted octanol–water partition coefficient (Wildman–Crippen LogP) is 1.54. The van der Waals surface area contributed by atoms with Gasteiger partial charge in [-0.1, -0.05) is 13.3 Å². The van der Waals surface area contributed by atoms with E-state index in [9.17, 15) is 0 Å². The molecule has 0 bridgehead atoms. The minimum atomic E-state index is 0.313. The van der Waals surface area contributed by atoms with E-state index in [-0.39, 0.29) is 0 Å². The molecule has 12 heavy (non-hydrogen) atoms. The van der Waals surface area contributed by atoms with Crippen LogP contribution in [0.3, 0.4) is 0 Å². The Bertz CT molecular complexity index is 121. The third-order valence-corrected chi connectivity index (χ3v) is 2.75. The molecule has 0 aromatic carbocycles. The van der Waals surface area contributed by atoms with Crippen LogP contribution >= 0.6 is 0 Å². The Kier molecular flexibility index (Phi) is 4.02. The van der Waals surface area contributed by atoms with E-state index in [1.807, 2.05) is 0 Å². The molecule has 0 heterocycles. The highest BCUT2D eigenvalue weighted by Crippen LogP contribution is 2.48. The van der Waals surface area contributed by atoms with Crippen LogP contribution in [0.15, 0.2) is 0 Å². The summed E-state index contributed by atoms with van der Waals surface area (Å²) in [5.74, 6) is 0. The summed E-state index contributed by atoms with van der Waals surface area (Å²) in [7, 11) is 0. The normalized spacial score (nSPS) is 19.5. The average Bonchev–Trinajstić information content (AvgIpc) is 2.81. The quantitative estimate of drug-likeness (QED) is 0.569. The van der Waals surface area contributed by atoms with E-state index in [0.717, 1.165) is 13.0 Å². The number of hydrogen-bond donors (Lipinski definition) is 2. The average molecular weight is 171 g/mol. The highest BCUT2D eigenvalue weighted by atomic mass is 16.3. The van der Waals surface area contributed by atoms with E-state index in [1.54, 1.807) is 0 Å². The summed E-state index contributed by atoms with van der Waals surface area (Å²) in [5, 5.41) is 12.0. The number of aliphatic hydroxyl groups is 1. The molecule has 0 aromatic heterocycles. The summed E-state index contributed by atoms with van der Waals surface area (Å²) in [6, 6.07) is 0. The minimum absolute atomic E-state index is 0.313. The molecule has 2 N–H and O–H groups in total. The van der Waals surface area contributed by atoms with E-state index >= 15 is 0 Å². The van der Waals surface area contributed by atoms with Gasteiger partial charge in [0.2, 0.25) is 0 Å². The van der Waals surface area contributed by atoms with Gasteiger partial charge in [-0.3, -0.25) is 0 Å². The van der Waals surface area contributed by atoms with Gasteiger partial charge in [0.1, 0.15) is 0 Å². The van der Waals surface area contributed by atoms with E-state index in [1.165, 1.54) is 32.2 Å². The largest absolute Gasteiger partial charge is 0.396 e. The minimum Gasteiger partial charge on any atom is -0.396 e. The van der Waals surface area contributed by atoms with Crippen molar-refractivity contribution >= 4 is 0 Å². The Labute approximate surface area is 75.4 Å². The van der Waals surface area contributed by atoms with Gasteiger partial charge in [-0.15, -0.1) is 0 Å². The van der Waals surface area contributed by atoms with E-state index in [4.69, 9.17) is 5.11 Å². The molecule has 1 fully saturated rings. The zero-order valence-electron chi connectivity index (χ0n) is 8.10. The first kappa shape index (κ1) is 10.0. The summed E-state index contributed by atoms with van der Waals surface area (Å²) in [6.45, 7) is 4.71. The number of nitrogens with one attached hydrogen (secondary N) is 1. The van der Waals surface area contributed by atoms with Crippen LogP contribution in [-0.2, 0) is 0 Å². The first-order valence-electron chi connectivity index (χ1n) is 5.14. The van der Waals surface area contributed by atoms with Crippen molar-refractivity contribution in [3.63, 3.8) is 0 Å². The maximum atomic E-state index is 8.57. The maximum absolute atomic E-state index is 8.57. The molecule has 0 spiro atoms. The molecule has 1 saturated carbocycles. The standard InChI is InChI=1S/C10H21NO/c1-2-4-10(5-6-10)9-11-7-3-8-12/h11-12H,2-9H2,1H3. The van der Waals surface area contributed by atoms with Crippen LogP contribution in [0, 0.1) is 5.41 Å². The lowest BCUT2D eigenvalue weighted by atomic mass is 10.0. The Morgan fingerprint density at radius 1 is 1.42 bits per heavy atom. The Morgan fingerprint density at radius 2 is 2.17 bits per heavy atom. The molecule has 0 unspecified atom stereocenters. The fraction of sp³-hybridized carbons (Fsp3) is 1.00. The van der Waals surface area contributed by atoms with Gasteiger partial charge >= 0.3 is 0 Å². The van der Waals surface area contributed by atoms with Crippen LogP contribution in [0.1, 0.15) is 39.0 Å². The van der Waals surface area contributed by atoms with Crippen LogP contribution in [0.25, 0.3) is 0 Å². The van der Waals surface area contributed by atoms with Crippen LogP contribution < -0.4 is 5.32 Å². The molecule has 0 aliphatic heterocycles. The number of rotatable bonds is 7. The molecule has 72 valence electrons. The molecule has 0 atom stereocenters. The fourth-order valence-electron chi connectivity index (χ4n) is 1.78. The van der Waals surface area contributed by atoms with Gasteiger partial charge in [0.25, 0.3) is 0 Å². The third-order valence-electron chi connectivity index (χ3n) is 2.75. The van der Waals surface area contributed by atoms with E-state index in [0.29, 0.717) is 12.0 Å². The van der Waals surface area contributed by atoms with Crippen molar-refractivity contribution in [1.29, 1.82) is 0 Å². The van der Waals surface area contributed by atoms with Crippen LogP contribution in [0.2, 0.25) is 0 Å². The lowest BCUT2D eigenvalue weighted by Crippen LogP contribution is -2.25. The second-order valence-corrected chi connectivity index (χ2v) is 4.00. The smallest absolute Gasteiger partial charge is 0.0443 e. The Balaban J connectivity index is 1.98. The SMILES string of the molecule is CCCC1(CNCCCO)CC1. The highest BCUT2D eigenvalue weighted by molar-refractivity contribution is 4.94. The first-order valence-corrected chi connectivity index (χ1v) is 5.14. The summed E-state index contributed by atoms with van der Waals surface area (Å²) in [4.78, 5) is 0. The molecule has 1 aliphatic rings. The number of aliphatic hydroxyl groups excluding tert-OH is 1. The van der Waals surface area contributed by atoms with Gasteiger partial charge in [-0.25, -0.2) is 0 Å². The molecule has 1 rings (SSSR count). The monoisotopic (exact) mass is 171 g/mol. The molecule has 0 saturated heterocycles. The van der Waals surface area contributed by atoms with Crippen molar-refractivity contribution in [3.05, 3.63) is 0 Å². The summed E-state index contributed by atoms with van der Waals surface area (Å²) in [5.41, 5.74) is 0.657. The zero-order valence-corrected chi connectivity index (χ0v) is 8.10. The van der Waals surface area contributed by atoms with Crippen molar-refractivity contribution in [3.8, 4) is 0 Å². The molecule has 2 heteroatoms. The second kappa shape index (κ2) is 4.83. The van der Waals surface area contributed by atoms with Crippen molar-refractivity contribution < 1.29 is 5.11 Å². The van der Waals surface area contributed by atoms with E-state index in [2.05, 4.69) is 12.2 Å². The topological polar surface area (TPSA) is 32.3 Å². The van der Waals surface area contributed by atoms with Crippen molar-refractivity contribution in [1.82, 2.24) is 5.32 Å². The first-order chi connectivity index (χ1) is 5.83. The summed E-state index contributed by atoms with van der Waals surface area (Å²) >= 11 is 0. The van der Waals surface area contributed by atoms with Crippen molar-refractivity contribution in [2.24, 2.45) is 5.41 Å². The summed E-state index contributed by atoms with van der Waals surface area (Å²) in [6.07, 6.45) is 6.39. The van der Waals surface area contributed by atoms with Gasteiger partial charge in [0, 0.05) is 13.2 Å². The fourth-order valence-corrected chi connectivity index (χ4v) is 1.78. The predicted molar refractivity (Wildman–Crippen MR) is 51.1 cm³/mol. The third kappa shape index (κ3) is 3.11. The molecular weight excluding hydrogens is 150 g/mol. The summed E-state index contributed by atoms with van der Waals surface area (Å²) < 4.78 is 0. The molecule has 0 amide bonds. The molecule has 0 radical (unpaired) electrons. The molecule has 0 aromatic rings. The highest BCUT2D eigenvalue weighted by Gasteiger charge is 2.40.